The van der Waals surface area contributed by atoms with E-state index < -0.39 is 0 Å². The molecular weight excluding hydrogens is 226 g/mol. The molecule has 0 amide bonds. The van der Waals surface area contributed by atoms with Crippen LogP contribution in [0.25, 0.3) is 0 Å². The summed E-state index contributed by atoms with van der Waals surface area (Å²) >= 11 is 0. The van der Waals surface area contributed by atoms with E-state index in [1.54, 1.807) is 0 Å². The second-order valence-corrected chi connectivity index (χ2v) is 4.79. The summed E-state index contributed by atoms with van der Waals surface area (Å²) in [5, 5.41) is 3.48. The summed E-state index contributed by atoms with van der Waals surface area (Å²) in [5.74, 6) is 0. The van der Waals surface area contributed by atoms with Gasteiger partial charge in [-0.15, -0.1) is 0 Å². The number of pyridine rings is 1. The van der Waals surface area contributed by atoms with Crippen LogP contribution in [0.5, 0.6) is 0 Å². The first kappa shape index (κ1) is 13.5. The van der Waals surface area contributed by atoms with Gasteiger partial charge in [-0.3, -0.25) is 9.88 Å². The summed E-state index contributed by atoms with van der Waals surface area (Å²) in [5.41, 5.74) is 2.40. The lowest BCUT2D eigenvalue weighted by molar-refractivity contribution is 0.0374. The third-order valence-electron chi connectivity index (χ3n) is 3.22. The fraction of sp³-hybridized carbons (Fsp3) is 0.643. The Morgan fingerprint density at radius 3 is 3.00 bits per heavy atom. The van der Waals surface area contributed by atoms with Crippen molar-refractivity contribution in [1.82, 2.24) is 15.2 Å². The van der Waals surface area contributed by atoms with Crippen molar-refractivity contribution in [2.45, 2.75) is 19.9 Å². The lowest BCUT2D eigenvalue weighted by Crippen LogP contribution is -2.37. The Bertz CT molecular complexity index is 351. The minimum Gasteiger partial charge on any atom is -0.379 e. The highest BCUT2D eigenvalue weighted by molar-refractivity contribution is 5.14. The van der Waals surface area contributed by atoms with E-state index in [9.17, 15) is 0 Å². The Labute approximate surface area is 109 Å². The predicted molar refractivity (Wildman–Crippen MR) is 72.6 cm³/mol. The van der Waals surface area contributed by atoms with Crippen LogP contribution in [0.2, 0.25) is 0 Å². The maximum absolute atomic E-state index is 5.33. The molecule has 2 rings (SSSR count). The van der Waals surface area contributed by atoms with E-state index in [0.29, 0.717) is 0 Å². The van der Waals surface area contributed by atoms with Gasteiger partial charge in [-0.25, -0.2) is 0 Å². The normalized spacial score (nSPS) is 16.9. The van der Waals surface area contributed by atoms with Crippen LogP contribution < -0.4 is 5.32 Å². The van der Waals surface area contributed by atoms with Gasteiger partial charge in [0.15, 0.2) is 0 Å². The van der Waals surface area contributed by atoms with Crippen LogP contribution in [-0.4, -0.2) is 49.3 Å². The molecule has 1 aliphatic rings. The standard InChI is InChI=1S/C14H23N3O/c1-13-11-14(3-5-16-13)12-15-4-2-6-17-7-9-18-10-8-17/h3,5,11,15H,2,4,6-10,12H2,1H3. The first-order valence-corrected chi connectivity index (χ1v) is 6.77. The van der Waals surface area contributed by atoms with Crippen LogP contribution >= 0.6 is 0 Å². The molecule has 0 atom stereocenters. The van der Waals surface area contributed by atoms with E-state index in [1.807, 2.05) is 13.1 Å². The third kappa shape index (κ3) is 4.72. The molecule has 18 heavy (non-hydrogen) atoms. The van der Waals surface area contributed by atoms with Gasteiger partial charge in [0.25, 0.3) is 0 Å². The number of aromatic nitrogens is 1. The largest absolute Gasteiger partial charge is 0.379 e. The predicted octanol–water partition coefficient (Wildman–Crippen LogP) is 1.20. The summed E-state index contributed by atoms with van der Waals surface area (Å²) in [6.45, 7) is 9.17. The maximum Gasteiger partial charge on any atom is 0.0594 e. The van der Waals surface area contributed by atoms with Gasteiger partial charge in [-0.2, -0.15) is 0 Å². The lowest BCUT2D eigenvalue weighted by atomic mass is 10.2. The zero-order valence-electron chi connectivity index (χ0n) is 11.2. The van der Waals surface area contributed by atoms with E-state index in [4.69, 9.17) is 4.74 Å². The molecule has 0 bridgehead atoms. The maximum atomic E-state index is 5.33. The molecule has 4 heteroatoms. The van der Waals surface area contributed by atoms with Crippen molar-refractivity contribution in [3.63, 3.8) is 0 Å². The van der Waals surface area contributed by atoms with Crippen LogP contribution in [0.4, 0.5) is 0 Å². The molecular formula is C14H23N3O. The first-order valence-electron chi connectivity index (χ1n) is 6.77. The van der Waals surface area contributed by atoms with Crippen molar-refractivity contribution in [2.24, 2.45) is 0 Å². The Hall–Kier alpha value is -0.970. The molecule has 1 N–H and O–H groups in total. The van der Waals surface area contributed by atoms with Crippen molar-refractivity contribution < 1.29 is 4.74 Å². The van der Waals surface area contributed by atoms with Crippen LogP contribution in [0.15, 0.2) is 18.3 Å². The summed E-state index contributed by atoms with van der Waals surface area (Å²) < 4.78 is 5.33. The molecule has 0 unspecified atom stereocenters. The fourth-order valence-corrected chi connectivity index (χ4v) is 2.20. The van der Waals surface area contributed by atoms with Crippen LogP contribution in [0.3, 0.4) is 0 Å². The van der Waals surface area contributed by atoms with Crippen LogP contribution in [0, 0.1) is 6.92 Å². The van der Waals surface area contributed by atoms with E-state index >= 15 is 0 Å². The van der Waals surface area contributed by atoms with Gasteiger partial charge in [0.05, 0.1) is 13.2 Å². The molecule has 1 fully saturated rings. The van der Waals surface area contributed by atoms with Crippen LogP contribution in [-0.2, 0) is 11.3 Å². The number of hydrogen-bond donors (Lipinski definition) is 1. The third-order valence-corrected chi connectivity index (χ3v) is 3.22. The van der Waals surface area contributed by atoms with Crippen LogP contribution in [0.1, 0.15) is 17.7 Å². The average Bonchev–Trinajstić information content (AvgIpc) is 2.40. The monoisotopic (exact) mass is 249 g/mol. The van der Waals surface area contributed by atoms with Gasteiger partial charge in [0.1, 0.15) is 0 Å². The van der Waals surface area contributed by atoms with Crippen molar-refractivity contribution in [3.05, 3.63) is 29.6 Å². The molecule has 0 spiro atoms. The van der Waals surface area contributed by atoms with Gasteiger partial charge >= 0.3 is 0 Å². The van der Waals surface area contributed by atoms with Crippen molar-refractivity contribution >= 4 is 0 Å². The van der Waals surface area contributed by atoms with Gasteiger partial charge < -0.3 is 10.1 Å². The Kier molecular flexibility index (Phi) is 5.58. The quantitative estimate of drug-likeness (QED) is 0.769. The van der Waals surface area contributed by atoms with Gasteiger partial charge in [-0.05, 0) is 44.1 Å². The molecule has 1 saturated heterocycles. The van der Waals surface area contributed by atoms with Gasteiger partial charge in [-0.1, -0.05) is 0 Å². The molecule has 1 aromatic heterocycles. The Morgan fingerprint density at radius 1 is 1.39 bits per heavy atom. The zero-order chi connectivity index (χ0) is 12.6. The first-order chi connectivity index (χ1) is 8.84. The zero-order valence-corrected chi connectivity index (χ0v) is 11.2. The second kappa shape index (κ2) is 7.46. The molecule has 1 aromatic rings. The molecule has 1 aliphatic heterocycles. The summed E-state index contributed by atoms with van der Waals surface area (Å²) in [7, 11) is 0. The molecule has 100 valence electrons. The van der Waals surface area contributed by atoms with E-state index in [-0.39, 0.29) is 0 Å². The van der Waals surface area contributed by atoms with Gasteiger partial charge in [0, 0.05) is 31.5 Å². The second-order valence-electron chi connectivity index (χ2n) is 4.79. The van der Waals surface area contributed by atoms with E-state index in [1.165, 1.54) is 18.5 Å². The molecule has 0 radical (unpaired) electrons. The molecule has 0 saturated carbocycles. The number of nitrogens with zero attached hydrogens (tertiary/aromatic N) is 2. The van der Waals surface area contributed by atoms with Gasteiger partial charge in [0.2, 0.25) is 0 Å². The number of hydrogen-bond acceptors (Lipinski definition) is 4. The molecule has 4 nitrogen and oxygen atoms in total. The lowest BCUT2D eigenvalue weighted by Gasteiger charge is -2.26. The molecule has 0 aliphatic carbocycles. The SMILES string of the molecule is Cc1cc(CNCCCN2CCOCC2)ccn1. The van der Waals surface area contributed by atoms with Crippen molar-refractivity contribution in [1.29, 1.82) is 0 Å². The fourth-order valence-electron chi connectivity index (χ4n) is 2.20. The van der Waals surface area contributed by atoms with Crippen molar-refractivity contribution in [2.75, 3.05) is 39.4 Å². The van der Waals surface area contributed by atoms with Crippen molar-refractivity contribution in [3.8, 4) is 0 Å². The minimum absolute atomic E-state index is 0.893. The number of morpholine rings is 1. The highest BCUT2D eigenvalue weighted by Gasteiger charge is 2.08. The summed E-state index contributed by atoms with van der Waals surface area (Å²) in [6, 6.07) is 4.21. The molecule has 0 aromatic carbocycles. The Balaban J connectivity index is 1.55. The van der Waals surface area contributed by atoms with E-state index in [0.717, 1.165) is 45.1 Å². The minimum atomic E-state index is 0.893. The highest BCUT2D eigenvalue weighted by atomic mass is 16.5. The van der Waals surface area contributed by atoms with E-state index in [2.05, 4.69) is 27.3 Å². The Morgan fingerprint density at radius 2 is 2.22 bits per heavy atom. The topological polar surface area (TPSA) is 37.4 Å². The summed E-state index contributed by atoms with van der Waals surface area (Å²) in [6.07, 6.45) is 3.07. The summed E-state index contributed by atoms with van der Waals surface area (Å²) in [4.78, 5) is 6.67. The smallest absolute Gasteiger partial charge is 0.0594 e. The number of rotatable bonds is 6. The molecule has 2 heterocycles. The number of aryl methyl sites for hydroxylation is 1. The highest BCUT2D eigenvalue weighted by Crippen LogP contribution is 2.00. The number of ether oxygens (including phenoxy) is 1. The number of nitrogens with one attached hydrogen (secondary N) is 1. The average molecular weight is 249 g/mol.